The highest BCUT2D eigenvalue weighted by molar-refractivity contribution is 14.1. The molecule has 5 nitrogen and oxygen atoms in total. The molecule has 0 radical (unpaired) electrons. The monoisotopic (exact) mass is 424 g/mol. The van der Waals surface area contributed by atoms with Gasteiger partial charge in [-0.05, 0) is 52.4 Å². The summed E-state index contributed by atoms with van der Waals surface area (Å²) in [6, 6.07) is 15.3. The van der Waals surface area contributed by atoms with Gasteiger partial charge in [0.15, 0.2) is 0 Å². The fraction of sp³-hybridized carbons (Fsp3) is 0.176. The minimum Gasteiger partial charge on any atom is -0.394 e. The number of carbonyl (C=O) groups excluding carboxylic acids is 2. The van der Waals surface area contributed by atoms with Crippen molar-refractivity contribution in [3.8, 4) is 0 Å². The second-order valence-corrected chi connectivity index (χ2v) is 6.17. The molecule has 0 bridgehead atoms. The molecule has 120 valence electrons. The van der Waals surface area contributed by atoms with E-state index in [-0.39, 0.29) is 0 Å². The van der Waals surface area contributed by atoms with Crippen LogP contribution in [0.1, 0.15) is 15.9 Å². The van der Waals surface area contributed by atoms with Crippen LogP contribution < -0.4 is 10.6 Å². The van der Waals surface area contributed by atoms with Crippen molar-refractivity contribution < 1.29 is 14.7 Å². The third kappa shape index (κ3) is 5.33. The maximum absolute atomic E-state index is 12.1. The maximum atomic E-state index is 12.1. The van der Waals surface area contributed by atoms with Crippen LogP contribution in [0.2, 0.25) is 0 Å². The highest BCUT2D eigenvalue weighted by atomic mass is 127. The average Bonchev–Trinajstić information content (AvgIpc) is 2.58. The van der Waals surface area contributed by atoms with Gasteiger partial charge in [-0.25, -0.2) is 0 Å². The van der Waals surface area contributed by atoms with Crippen molar-refractivity contribution in [2.45, 2.75) is 12.6 Å². The molecule has 2 aromatic carbocycles. The van der Waals surface area contributed by atoms with Gasteiger partial charge in [-0.1, -0.05) is 30.3 Å². The molecule has 0 aromatic heterocycles. The van der Waals surface area contributed by atoms with Gasteiger partial charge in [-0.2, -0.15) is 0 Å². The topological polar surface area (TPSA) is 78.4 Å². The van der Waals surface area contributed by atoms with Crippen LogP contribution in [0.15, 0.2) is 54.6 Å². The summed E-state index contributed by atoms with van der Waals surface area (Å²) in [5.74, 6) is -0.815. The predicted molar refractivity (Wildman–Crippen MR) is 95.8 cm³/mol. The first-order valence-electron chi connectivity index (χ1n) is 7.09. The summed E-state index contributed by atoms with van der Waals surface area (Å²) in [6.45, 7) is -0.121. The molecular weight excluding hydrogens is 407 g/mol. The first-order chi connectivity index (χ1) is 11.1. The van der Waals surface area contributed by atoms with E-state index < -0.39 is 24.5 Å². The van der Waals surface area contributed by atoms with Gasteiger partial charge >= 0.3 is 0 Å². The zero-order valence-corrected chi connectivity index (χ0v) is 14.5. The number of benzene rings is 2. The van der Waals surface area contributed by atoms with Gasteiger partial charge in [0.2, 0.25) is 5.91 Å². The third-order valence-electron chi connectivity index (χ3n) is 3.20. The van der Waals surface area contributed by atoms with E-state index in [1.807, 2.05) is 24.3 Å². The number of hydrogen-bond donors (Lipinski definition) is 3. The molecule has 0 aliphatic heterocycles. The smallest absolute Gasteiger partial charge is 0.251 e. The fourth-order valence-corrected chi connectivity index (χ4v) is 2.59. The molecule has 0 saturated carbocycles. The lowest BCUT2D eigenvalue weighted by molar-refractivity contribution is -0.124. The van der Waals surface area contributed by atoms with E-state index in [1.165, 1.54) is 0 Å². The van der Waals surface area contributed by atoms with Gasteiger partial charge in [-0.3, -0.25) is 9.59 Å². The molecule has 1 atom stereocenters. The first-order valence-corrected chi connectivity index (χ1v) is 8.17. The van der Waals surface area contributed by atoms with Crippen molar-refractivity contribution in [3.63, 3.8) is 0 Å². The van der Waals surface area contributed by atoms with Crippen LogP contribution in [0.25, 0.3) is 0 Å². The van der Waals surface area contributed by atoms with Crippen LogP contribution in [0.3, 0.4) is 0 Å². The van der Waals surface area contributed by atoms with Crippen LogP contribution >= 0.6 is 22.6 Å². The molecule has 23 heavy (non-hydrogen) atoms. The Morgan fingerprint density at radius 3 is 2.48 bits per heavy atom. The minimum absolute atomic E-state index is 0.341. The lowest BCUT2D eigenvalue weighted by Gasteiger charge is -2.16. The van der Waals surface area contributed by atoms with Gasteiger partial charge < -0.3 is 15.7 Å². The maximum Gasteiger partial charge on any atom is 0.251 e. The standard InChI is InChI=1S/C17H17IN2O3/c18-14-8-4-5-12(9-14)10-19-17(23)15(11-21)20-16(22)13-6-2-1-3-7-13/h1-9,15,21H,10-11H2,(H,19,23)(H,20,22). The molecule has 0 spiro atoms. The lowest BCUT2D eigenvalue weighted by atomic mass is 10.2. The largest absolute Gasteiger partial charge is 0.394 e. The Labute approximate surface area is 148 Å². The van der Waals surface area contributed by atoms with Crippen LogP contribution in [0.5, 0.6) is 0 Å². The fourth-order valence-electron chi connectivity index (χ4n) is 1.98. The molecule has 3 N–H and O–H groups in total. The molecule has 1 unspecified atom stereocenters. The van der Waals surface area contributed by atoms with Crippen LogP contribution in [0.4, 0.5) is 0 Å². The Balaban J connectivity index is 1.92. The van der Waals surface area contributed by atoms with E-state index in [1.54, 1.807) is 30.3 Å². The molecule has 0 heterocycles. The Morgan fingerprint density at radius 1 is 1.09 bits per heavy atom. The Kier molecular flexibility index (Phi) is 6.54. The zero-order chi connectivity index (χ0) is 16.7. The van der Waals surface area contributed by atoms with Crippen molar-refractivity contribution in [3.05, 3.63) is 69.3 Å². The minimum atomic E-state index is -0.981. The molecule has 0 aliphatic carbocycles. The van der Waals surface area contributed by atoms with Gasteiger partial charge in [-0.15, -0.1) is 0 Å². The number of aliphatic hydroxyl groups excluding tert-OH is 1. The summed E-state index contributed by atoms with van der Waals surface area (Å²) in [6.07, 6.45) is 0. The molecule has 0 aliphatic rings. The number of aliphatic hydroxyl groups is 1. The van der Waals surface area contributed by atoms with E-state index in [9.17, 15) is 14.7 Å². The third-order valence-corrected chi connectivity index (χ3v) is 3.87. The molecule has 2 amide bonds. The number of amides is 2. The lowest BCUT2D eigenvalue weighted by Crippen LogP contribution is -2.48. The SMILES string of the molecule is O=C(NC(CO)C(=O)NCc1cccc(I)c1)c1ccccc1. The highest BCUT2D eigenvalue weighted by Crippen LogP contribution is 2.07. The van der Waals surface area contributed by atoms with Gasteiger partial charge in [0.1, 0.15) is 6.04 Å². The van der Waals surface area contributed by atoms with E-state index >= 15 is 0 Å². The Hall–Kier alpha value is -1.93. The van der Waals surface area contributed by atoms with Gasteiger partial charge in [0.05, 0.1) is 6.61 Å². The van der Waals surface area contributed by atoms with Crippen molar-refractivity contribution in [1.82, 2.24) is 10.6 Å². The predicted octanol–water partition coefficient (Wildman–Crippen LogP) is 1.70. The van der Waals surface area contributed by atoms with Crippen molar-refractivity contribution >= 4 is 34.4 Å². The molecule has 0 saturated heterocycles. The first kappa shape index (κ1) is 17.4. The Bertz CT molecular complexity index is 677. The van der Waals surface area contributed by atoms with E-state index in [2.05, 4.69) is 33.2 Å². The number of halogens is 1. The van der Waals surface area contributed by atoms with Crippen molar-refractivity contribution in [2.24, 2.45) is 0 Å². The quantitative estimate of drug-likeness (QED) is 0.618. The molecular formula is C17H17IN2O3. The van der Waals surface area contributed by atoms with E-state index in [0.29, 0.717) is 12.1 Å². The molecule has 0 fully saturated rings. The van der Waals surface area contributed by atoms with Crippen LogP contribution in [0, 0.1) is 3.57 Å². The Morgan fingerprint density at radius 2 is 1.83 bits per heavy atom. The summed E-state index contributed by atoms with van der Waals surface area (Å²) < 4.78 is 1.07. The van der Waals surface area contributed by atoms with Gasteiger partial charge in [0, 0.05) is 15.7 Å². The van der Waals surface area contributed by atoms with E-state index in [0.717, 1.165) is 9.13 Å². The van der Waals surface area contributed by atoms with E-state index in [4.69, 9.17) is 0 Å². The average molecular weight is 424 g/mol. The number of rotatable bonds is 6. The van der Waals surface area contributed by atoms with Crippen molar-refractivity contribution in [1.29, 1.82) is 0 Å². The number of nitrogens with one attached hydrogen (secondary N) is 2. The molecule has 2 aromatic rings. The summed E-state index contributed by atoms with van der Waals surface area (Å²) in [5.41, 5.74) is 1.40. The van der Waals surface area contributed by atoms with Crippen LogP contribution in [-0.2, 0) is 11.3 Å². The normalized spacial score (nSPS) is 11.6. The highest BCUT2D eigenvalue weighted by Gasteiger charge is 2.20. The molecule has 2 rings (SSSR count). The zero-order valence-electron chi connectivity index (χ0n) is 12.3. The second-order valence-electron chi connectivity index (χ2n) is 4.92. The summed E-state index contributed by atoms with van der Waals surface area (Å²) in [4.78, 5) is 24.1. The van der Waals surface area contributed by atoms with Gasteiger partial charge in [0.25, 0.3) is 5.91 Å². The van der Waals surface area contributed by atoms with Crippen molar-refractivity contribution in [2.75, 3.05) is 6.61 Å². The molecule has 6 heteroatoms. The van der Waals surface area contributed by atoms with Crippen LogP contribution in [-0.4, -0.2) is 29.6 Å². The number of carbonyl (C=O) groups is 2. The number of hydrogen-bond acceptors (Lipinski definition) is 3. The summed E-state index contributed by atoms with van der Waals surface area (Å²) in [5, 5.41) is 14.6. The summed E-state index contributed by atoms with van der Waals surface area (Å²) in [7, 11) is 0. The summed E-state index contributed by atoms with van der Waals surface area (Å²) >= 11 is 2.20. The second kappa shape index (κ2) is 8.64.